The van der Waals surface area contributed by atoms with Crippen LogP contribution in [0, 0.1) is 0 Å². The van der Waals surface area contributed by atoms with Crippen molar-refractivity contribution < 1.29 is 53.1 Å². The molecule has 33 heavy (non-hydrogen) atoms. The van der Waals surface area contributed by atoms with Crippen molar-refractivity contribution in [1.29, 1.82) is 0 Å². The Morgan fingerprint density at radius 3 is 1.70 bits per heavy atom. The lowest BCUT2D eigenvalue weighted by molar-refractivity contribution is -0.475. The largest absolute Gasteiger partial charge is 0.384 e. The van der Waals surface area contributed by atoms with E-state index in [0.29, 0.717) is 16.7 Å². The van der Waals surface area contributed by atoms with Crippen LogP contribution < -0.4 is 5.32 Å². The zero-order chi connectivity index (χ0) is 24.8. The van der Waals surface area contributed by atoms with E-state index in [1.807, 2.05) is 0 Å². The molecule has 2 nitrogen and oxygen atoms in total. The van der Waals surface area contributed by atoms with Crippen molar-refractivity contribution in [3.05, 3.63) is 53.6 Å². The number of anilines is 1. The van der Waals surface area contributed by atoms with Gasteiger partial charge in [0.05, 0.1) is 0 Å². The molecule has 1 saturated carbocycles. The van der Waals surface area contributed by atoms with E-state index >= 15 is 0 Å². The van der Waals surface area contributed by atoms with Crippen molar-refractivity contribution in [2.75, 3.05) is 5.32 Å². The normalized spacial score (nSPS) is 24.5. The minimum atomic E-state index is -7.38. The highest BCUT2D eigenvalue weighted by Crippen LogP contribution is 2.69. The molecule has 0 atom stereocenters. The number of hydrogen-bond donors (Lipinski definition) is 1. The summed E-state index contributed by atoms with van der Waals surface area (Å²) in [5, 5.41) is 1.22. The average Bonchev–Trinajstić information content (AvgIpc) is 3.11. The van der Waals surface area contributed by atoms with Crippen molar-refractivity contribution in [1.82, 2.24) is 0 Å². The number of carbonyl (C=O) groups is 1. The summed E-state index contributed by atoms with van der Waals surface area (Å²) in [5.41, 5.74) is -6.05. The molecule has 0 aliphatic heterocycles. The van der Waals surface area contributed by atoms with Crippen LogP contribution in [0.2, 0.25) is 0 Å². The summed E-state index contributed by atoms with van der Waals surface area (Å²) in [6.45, 7) is 0. The van der Waals surface area contributed by atoms with E-state index in [-0.39, 0.29) is 12.0 Å². The highest BCUT2D eigenvalue weighted by molar-refractivity contribution is 6.03. The van der Waals surface area contributed by atoms with Crippen molar-refractivity contribution in [3.63, 3.8) is 0 Å². The Bertz CT molecular complexity index is 1130. The Morgan fingerprint density at radius 1 is 0.636 bits per heavy atom. The predicted octanol–water partition coefficient (Wildman–Crippen LogP) is 6.09. The average molecular weight is 489 g/mol. The maximum absolute atomic E-state index is 15.0. The minimum absolute atomic E-state index is 0.0105. The van der Waals surface area contributed by atoms with Gasteiger partial charge in [-0.2, -0.15) is 43.9 Å². The van der Waals surface area contributed by atoms with E-state index in [2.05, 4.69) is 0 Å². The summed E-state index contributed by atoms with van der Waals surface area (Å²) >= 11 is 0. The highest BCUT2D eigenvalue weighted by atomic mass is 19.4. The molecule has 0 heterocycles. The summed E-state index contributed by atoms with van der Waals surface area (Å²) in [6, 6.07) is 9.68. The third-order valence-electron chi connectivity index (χ3n) is 5.82. The molecule has 2 aromatic rings. The molecule has 1 N–H and O–H groups in total. The van der Waals surface area contributed by atoms with Gasteiger partial charge in [0.1, 0.15) is 0 Å². The van der Waals surface area contributed by atoms with Gasteiger partial charge in [0, 0.05) is 11.3 Å². The number of amides is 1. The third-order valence-corrected chi connectivity index (χ3v) is 5.82. The van der Waals surface area contributed by atoms with Crippen LogP contribution in [-0.2, 0) is 11.2 Å². The van der Waals surface area contributed by atoms with Crippen LogP contribution in [0.5, 0.6) is 0 Å². The second-order valence-corrected chi connectivity index (χ2v) is 7.66. The molecule has 13 heteroatoms. The Morgan fingerprint density at radius 2 is 1.12 bits per heavy atom. The lowest BCUT2D eigenvalue weighted by Crippen LogP contribution is -2.86. The van der Waals surface area contributed by atoms with Crippen molar-refractivity contribution >= 4 is 11.6 Å². The molecule has 0 aromatic heterocycles. The monoisotopic (exact) mass is 489 g/mol. The smallest absolute Gasteiger partial charge is 0.322 e. The van der Waals surface area contributed by atoms with Crippen LogP contribution in [0.15, 0.2) is 42.5 Å². The van der Waals surface area contributed by atoms with E-state index in [1.165, 1.54) is 29.6 Å². The quantitative estimate of drug-likeness (QED) is 0.434. The van der Waals surface area contributed by atoms with E-state index in [0.717, 1.165) is 6.07 Å². The number of carbonyl (C=O) groups excluding carboxylic acids is 1. The molecule has 0 unspecified atom stereocenters. The Hall–Kier alpha value is -2.86. The van der Waals surface area contributed by atoms with Crippen LogP contribution in [0.1, 0.15) is 11.1 Å². The van der Waals surface area contributed by atoms with Crippen LogP contribution in [0.4, 0.5) is 54.0 Å². The molecular weight excluding hydrogens is 479 g/mol. The van der Waals surface area contributed by atoms with Gasteiger partial charge in [-0.3, -0.25) is 4.79 Å². The molecule has 2 aliphatic rings. The maximum atomic E-state index is 15.0. The zero-order valence-corrected chi connectivity index (χ0v) is 15.8. The summed E-state index contributed by atoms with van der Waals surface area (Å²) in [4.78, 5) is 12.3. The summed E-state index contributed by atoms with van der Waals surface area (Å²) in [6.07, 6.45) is 0.199. The number of halogens is 11. The molecule has 0 saturated heterocycles. The van der Waals surface area contributed by atoms with E-state index in [9.17, 15) is 53.1 Å². The molecule has 0 spiro atoms. The Labute approximate surface area is 177 Å². The zero-order valence-electron chi connectivity index (χ0n) is 15.8. The van der Waals surface area contributed by atoms with Crippen molar-refractivity contribution in [3.8, 4) is 11.1 Å². The first-order valence-corrected chi connectivity index (χ1v) is 9.06. The third kappa shape index (κ3) is 2.42. The van der Waals surface area contributed by atoms with Gasteiger partial charge in [0.2, 0.25) is 0 Å². The number of rotatable bonds is 2. The molecule has 4 rings (SSSR count). The lowest BCUT2D eigenvalue weighted by atomic mass is 9.71. The molecule has 2 aromatic carbocycles. The maximum Gasteiger partial charge on any atom is 0.384 e. The first-order chi connectivity index (χ1) is 15.0. The van der Waals surface area contributed by atoms with Crippen molar-refractivity contribution in [2.45, 2.75) is 41.7 Å². The molecule has 2 aliphatic carbocycles. The number of alkyl halides is 11. The first-order valence-electron chi connectivity index (χ1n) is 9.06. The summed E-state index contributed by atoms with van der Waals surface area (Å²) < 4.78 is 153. The van der Waals surface area contributed by atoms with E-state index in [1.54, 1.807) is 12.1 Å². The summed E-state index contributed by atoms with van der Waals surface area (Å²) in [5.74, 6) is -39.9. The number of fused-ring (bicyclic) bond motifs is 3. The van der Waals surface area contributed by atoms with Gasteiger partial charge in [-0.15, -0.1) is 0 Å². The molecule has 0 bridgehead atoms. The van der Waals surface area contributed by atoms with Crippen LogP contribution >= 0.6 is 0 Å². The van der Waals surface area contributed by atoms with Gasteiger partial charge in [0.25, 0.3) is 5.91 Å². The van der Waals surface area contributed by atoms with Crippen LogP contribution in [0.3, 0.4) is 0 Å². The van der Waals surface area contributed by atoms with Gasteiger partial charge < -0.3 is 5.32 Å². The molecule has 1 fully saturated rings. The molecule has 0 radical (unpaired) electrons. The Kier molecular flexibility index (Phi) is 4.51. The van der Waals surface area contributed by atoms with Gasteiger partial charge in [-0.05, 0) is 29.2 Å². The van der Waals surface area contributed by atoms with Crippen LogP contribution in [0.25, 0.3) is 11.1 Å². The van der Waals surface area contributed by atoms with Crippen LogP contribution in [-0.4, -0.2) is 41.2 Å². The fourth-order valence-electron chi connectivity index (χ4n) is 4.01. The number of benzene rings is 2. The predicted molar refractivity (Wildman–Crippen MR) is 91.9 cm³/mol. The van der Waals surface area contributed by atoms with Gasteiger partial charge >= 0.3 is 35.3 Å². The lowest BCUT2D eigenvalue weighted by Gasteiger charge is -2.51. The standard InChI is InChI=1S/C20H10F11NO/c21-15(16(22,23)18(26,27)20(30,31)19(28,29)17(15,24)25)14(33)32-12-7-3-5-10-8-9-4-1-2-6-11(9)13(10)12/h1-7H,8H2,(H,32,33). The second kappa shape index (κ2) is 6.38. The summed E-state index contributed by atoms with van der Waals surface area (Å²) in [7, 11) is 0. The SMILES string of the molecule is O=C(Nc1cccc2c1-c1ccccc1C2)C1(F)C(F)(F)C(F)(F)C(F)(F)C(F)(F)C1(F)F. The number of nitrogens with one attached hydrogen (secondary N) is 1. The molecule has 1 amide bonds. The van der Waals surface area contributed by atoms with Crippen molar-refractivity contribution in [2.24, 2.45) is 0 Å². The van der Waals surface area contributed by atoms with Gasteiger partial charge in [-0.25, -0.2) is 4.39 Å². The van der Waals surface area contributed by atoms with Gasteiger partial charge in [-0.1, -0.05) is 36.4 Å². The minimum Gasteiger partial charge on any atom is -0.322 e. The van der Waals surface area contributed by atoms with Gasteiger partial charge in [0.15, 0.2) is 0 Å². The fraction of sp³-hybridized carbons (Fsp3) is 0.350. The highest BCUT2D eigenvalue weighted by Gasteiger charge is 3.02. The first kappa shape index (κ1) is 23.3. The second-order valence-electron chi connectivity index (χ2n) is 7.66. The fourth-order valence-corrected chi connectivity index (χ4v) is 4.01. The topological polar surface area (TPSA) is 29.1 Å². The molecule has 178 valence electrons. The number of hydrogen-bond acceptors (Lipinski definition) is 1. The Balaban J connectivity index is 1.86. The molecular formula is C20H10F11NO. The van der Waals surface area contributed by atoms with E-state index < -0.39 is 46.9 Å². The van der Waals surface area contributed by atoms with E-state index in [4.69, 9.17) is 0 Å².